The maximum absolute atomic E-state index is 2.20. The summed E-state index contributed by atoms with van der Waals surface area (Å²) in [7, 11) is 0. The van der Waals surface area contributed by atoms with Gasteiger partial charge >= 0.3 is 0 Å². The van der Waals surface area contributed by atoms with Crippen molar-refractivity contribution in [2.45, 2.75) is 418 Å². The minimum atomic E-state index is 1.03. The monoisotopic (exact) mass is 1630 g/mol. The van der Waals surface area contributed by atoms with Crippen molar-refractivity contribution in [1.29, 1.82) is 0 Å². The van der Waals surface area contributed by atoms with Crippen LogP contribution in [0.1, 0.15) is 425 Å². The molecule has 0 atom stereocenters. The first-order valence-corrected chi connectivity index (χ1v) is 49.2. The van der Waals surface area contributed by atoms with Crippen LogP contribution in [0.15, 0.2) is 279 Å². The summed E-state index contributed by atoms with van der Waals surface area (Å²) >= 11 is 0. The highest BCUT2D eigenvalue weighted by molar-refractivity contribution is 5.82. The first kappa shape index (κ1) is 145. The normalized spacial score (nSPS) is 9.89. The summed E-state index contributed by atoms with van der Waals surface area (Å²) < 4.78 is 0. The summed E-state index contributed by atoms with van der Waals surface area (Å²) in [6.45, 7) is 80.0. The standard InChI is InChI=1S/C13H12.C10H8.C9H8.3C8H10.2C5H10.2C5H6.6C3H8.12C2H6/c1-3-7-12(8-4-1)11-13-9-5-2-6-10-13;1-2-6-10-8-4-3-7-9(10)5-1;1-2-5-9-7-3-6-8(9)4-1;3*1-2-8-6-4-3-5-7-8;4*1-2-4-5-3-1;6*1-3-2;12*1-2/h1-10H,11H2;1-8H;1-6H,7H2;3*3-7H,2H2,1H3;2*1-5H2;2*1-4H,5H2;6*3H2,1-2H3;12*1-2H3. The molecule has 5 aliphatic carbocycles. The Hall–Kier alpha value is -7.28. The van der Waals surface area contributed by atoms with E-state index in [0.717, 1.165) is 44.9 Å². The zero-order valence-corrected chi connectivity index (χ0v) is 86.9. The van der Waals surface area contributed by atoms with Crippen molar-refractivity contribution in [2.75, 3.05) is 0 Å². The molecule has 5 aliphatic rings. The molecule has 0 nitrogen and oxygen atoms in total. The van der Waals surface area contributed by atoms with Crippen LogP contribution in [0, 0.1) is 0 Å². The molecule has 0 amide bonds. The van der Waals surface area contributed by atoms with Crippen LogP contribution in [0.2, 0.25) is 0 Å². The van der Waals surface area contributed by atoms with Gasteiger partial charge in [-0.3, -0.25) is 0 Å². The van der Waals surface area contributed by atoms with E-state index >= 15 is 0 Å². The Morgan fingerprint density at radius 1 is 0.186 bits per heavy atom. The third-order valence-electron chi connectivity index (χ3n) is 13.0. The van der Waals surface area contributed by atoms with Crippen molar-refractivity contribution in [3.63, 3.8) is 0 Å². The molecule has 0 heterocycles. The van der Waals surface area contributed by atoms with E-state index in [9.17, 15) is 0 Å². The second kappa shape index (κ2) is 161. The minimum Gasteiger partial charge on any atom is -0.0808 e. The highest BCUT2D eigenvalue weighted by Crippen LogP contribution is 2.18. The minimum absolute atomic E-state index is 1.03. The molecule has 0 radical (unpaired) electrons. The summed E-state index contributed by atoms with van der Waals surface area (Å²) in [6.07, 6.45) is 51.4. The molecule has 0 saturated heterocycles. The molecule has 2 fully saturated rings. The fraction of sp³-hybridized carbons (Fsp3) is 0.525. The maximum Gasteiger partial charge on any atom is -0.00258 e. The number of hydrogen-bond donors (Lipinski definition) is 0. The Labute approximate surface area is 747 Å². The van der Waals surface area contributed by atoms with Crippen LogP contribution >= 0.6 is 0 Å². The Morgan fingerprint density at radius 3 is 0.517 bits per heavy atom. The summed E-state index contributed by atoms with van der Waals surface area (Å²) in [5.41, 5.74) is 9.81. The summed E-state index contributed by atoms with van der Waals surface area (Å²) in [6, 6.07) is 77.6. The fourth-order valence-corrected chi connectivity index (χ4v) is 8.45. The van der Waals surface area contributed by atoms with Gasteiger partial charge in [0.1, 0.15) is 0 Å². The molecule has 0 bridgehead atoms. The van der Waals surface area contributed by atoms with E-state index in [1.54, 1.807) is 0 Å². The molecular formula is C118H210. The van der Waals surface area contributed by atoms with Gasteiger partial charge in [-0.15, -0.1) is 0 Å². The lowest BCUT2D eigenvalue weighted by Gasteiger charge is -2.00. The Balaban J connectivity index is -0.0000000737. The molecule has 13 rings (SSSR count). The van der Waals surface area contributed by atoms with Crippen molar-refractivity contribution >= 4 is 16.8 Å². The van der Waals surface area contributed by atoms with Gasteiger partial charge in [-0.05, 0) is 94.7 Å². The molecule has 0 spiro atoms. The number of rotatable bonds is 5. The maximum atomic E-state index is 2.20. The van der Waals surface area contributed by atoms with Crippen molar-refractivity contribution in [1.82, 2.24) is 0 Å². The van der Waals surface area contributed by atoms with E-state index in [-0.39, 0.29) is 0 Å². The molecule has 0 aliphatic heterocycles. The average Bonchev–Trinajstić information content (AvgIpc) is 1.81. The molecule has 8 aromatic carbocycles. The van der Waals surface area contributed by atoms with Gasteiger partial charge < -0.3 is 0 Å². The topological polar surface area (TPSA) is 0 Å². The van der Waals surface area contributed by atoms with E-state index in [0.29, 0.717) is 0 Å². The fourth-order valence-electron chi connectivity index (χ4n) is 8.45. The van der Waals surface area contributed by atoms with Crippen LogP contribution in [0.3, 0.4) is 0 Å². The second-order valence-corrected chi connectivity index (χ2v) is 23.3. The SMILES string of the molecule is C1=CCC=C1.C1=CCC=C1.C1=Cc2ccccc2C1.C1CCCC1.C1CCCC1.CC.CC.CC.CC.CC.CC.CC.CC.CC.CC.CC.CC.CCC.CCC.CCC.CCC.CCC.CCC.CCc1ccccc1.CCc1ccccc1.CCc1ccccc1.c1ccc(Cc2ccccc2)cc1.c1ccc2ccccc2c1. The van der Waals surface area contributed by atoms with E-state index < -0.39 is 0 Å². The van der Waals surface area contributed by atoms with Gasteiger partial charge in [0.2, 0.25) is 0 Å². The van der Waals surface area contributed by atoms with Gasteiger partial charge in [0.15, 0.2) is 0 Å². The molecular weight excluding hydrogens is 1420 g/mol. The van der Waals surface area contributed by atoms with Crippen molar-refractivity contribution in [2.24, 2.45) is 0 Å². The Bertz CT molecular complexity index is 2540. The first-order chi connectivity index (χ1) is 58.2. The molecule has 2 saturated carbocycles. The van der Waals surface area contributed by atoms with Gasteiger partial charge in [-0.1, -0.05) is 658 Å². The highest BCUT2D eigenvalue weighted by atomic mass is 14.1. The molecule has 682 valence electrons. The summed E-state index contributed by atoms with van der Waals surface area (Å²) in [5.74, 6) is 0. The lowest BCUT2D eigenvalue weighted by atomic mass is 10.1. The van der Waals surface area contributed by atoms with Crippen LogP contribution < -0.4 is 0 Å². The van der Waals surface area contributed by atoms with Crippen LogP contribution in [0.5, 0.6) is 0 Å². The van der Waals surface area contributed by atoms with Gasteiger partial charge in [0.25, 0.3) is 0 Å². The van der Waals surface area contributed by atoms with Crippen molar-refractivity contribution in [3.05, 3.63) is 318 Å². The number of allylic oxidation sites excluding steroid dienone is 9. The summed E-state index contributed by atoms with van der Waals surface area (Å²) in [5, 5.41) is 2.62. The van der Waals surface area contributed by atoms with E-state index in [4.69, 9.17) is 0 Å². The van der Waals surface area contributed by atoms with Gasteiger partial charge in [-0.2, -0.15) is 0 Å². The lowest BCUT2D eigenvalue weighted by Crippen LogP contribution is -1.85. The average molecular weight is 1630 g/mol. The predicted octanol–water partition coefficient (Wildman–Crippen LogP) is 42.8. The smallest absolute Gasteiger partial charge is 0.00258 e. The molecule has 0 heteroatoms. The lowest BCUT2D eigenvalue weighted by molar-refractivity contribution is 0.886. The van der Waals surface area contributed by atoms with Crippen molar-refractivity contribution in [3.8, 4) is 0 Å². The Morgan fingerprint density at radius 2 is 0.356 bits per heavy atom. The van der Waals surface area contributed by atoms with Crippen LogP contribution in [-0.4, -0.2) is 0 Å². The van der Waals surface area contributed by atoms with Gasteiger partial charge in [0.05, 0.1) is 0 Å². The van der Waals surface area contributed by atoms with Crippen LogP contribution in [0.4, 0.5) is 0 Å². The van der Waals surface area contributed by atoms with E-state index in [1.165, 1.54) is 152 Å². The zero-order chi connectivity index (χ0) is 93.7. The molecule has 0 aromatic heterocycles. The quantitative estimate of drug-likeness (QED) is 0.161. The Kier molecular flexibility index (Phi) is 199. The molecule has 8 aromatic rings. The number of aryl methyl sites for hydroxylation is 3. The van der Waals surface area contributed by atoms with Gasteiger partial charge in [-0.25, -0.2) is 0 Å². The highest BCUT2D eigenvalue weighted by Gasteiger charge is 2.01. The summed E-state index contributed by atoms with van der Waals surface area (Å²) in [4.78, 5) is 0. The van der Waals surface area contributed by atoms with E-state index in [1.807, 2.05) is 184 Å². The predicted molar refractivity (Wildman–Crippen MR) is 570 cm³/mol. The number of hydrogen-bond acceptors (Lipinski definition) is 0. The largest absolute Gasteiger partial charge is 0.0808 e. The van der Waals surface area contributed by atoms with Gasteiger partial charge in [0, 0.05) is 0 Å². The van der Waals surface area contributed by atoms with Crippen LogP contribution in [0.25, 0.3) is 16.8 Å². The number of fused-ring (bicyclic) bond motifs is 2. The second-order valence-electron chi connectivity index (χ2n) is 23.3. The van der Waals surface area contributed by atoms with Crippen molar-refractivity contribution < 1.29 is 0 Å². The zero-order valence-electron chi connectivity index (χ0n) is 86.9. The third kappa shape index (κ3) is 132. The molecule has 0 N–H and O–H groups in total. The first-order valence-electron chi connectivity index (χ1n) is 49.2. The molecule has 118 heavy (non-hydrogen) atoms. The number of benzene rings is 8. The van der Waals surface area contributed by atoms with E-state index in [2.05, 4.69) is 371 Å². The third-order valence-corrected chi connectivity index (χ3v) is 13.0. The molecule has 0 unspecified atom stereocenters. The van der Waals surface area contributed by atoms with Crippen LogP contribution in [-0.2, 0) is 32.1 Å².